The van der Waals surface area contributed by atoms with Crippen LogP contribution in [0.5, 0.6) is 5.75 Å². The second-order valence-electron chi connectivity index (χ2n) is 7.38. The van der Waals surface area contributed by atoms with Crippen LogP contribution in [0.1, 0.15) is 51.0 Å². The van der Waals surface area contributed by atoms with Crippen LogP contribution in [0.25, 0.3) is 0 Å². The molecule has 0 bridgehead atoms. The number of rotatable bonds is 14. The number of hydrogen-bond acceptors (Lipinski definition) is 7. The van der Waals surface area contributed by atoms with Crippen LogP contribution >= 0.6 is 19.8 Å². The third kappa shape index (κ3) is 11.3. The Hall–Kier alpha value is -2.47. The van der Waals surface area contributed by atoms with Gasteiger partial charge < -0.3 is 14.4 Å². The van der Waals surface area contributed by atoms with E-state index in [9.17, 15) is 14.5 Å². The van der Waals surface area contributed by atoms with Gasteiger partial charge in [0.05, 0.1) is 11.6 Å². The number of ether oxygens (including phenoxy) is 2. The zero-order valence-corrected chi connectivity index (χ0v) is 20.3. The number of nitrogens with zero attached hydrogens (tertiary/aromatic N) is 1. The summed E-state index contributed by atoms with van der Waals surface area (Å²) in [5.74, 6) is -0.501. The Labute approximate surface area is 200 Å². The monoisotopic (exact) mass is 493 g/mol. The van der Waals surface area contributed by atoms with Gasteiger partial charge in [-0.2, -0.15) is 0 Å². The van der Waals surface area contributed by atoms with Crippen LogP contribution in [0.15, 0.2) is 59.3 Å². The summed E-state index contributed by atoms with van der Waals surface area (Å²) in [5.41, 5.74) is 0.975. The van der Waals surface area contributed by atoms with E-state index in [1.165, 1.54) is 6.92 Å². The van der Waals surface area contributed by atoms with Gasteiger partial charge in [-0.05, 0) is 37.5 Å². The molecule has 7 nitrogen and oxygen atoms in total. The molecule has 0 radical (unpaired) electrons. The molecule has 2 aromatic rings. The van der Waals surface area contributed by atoms with E-state index in [1.54, 1.807) is 24.3 Å². The maximum absolute atomic E-state index is 12.0. The normalized spacial score (nSPS) is 12.2. The number of esters is 2. The first-order valence-corrected chi connectivity index (χ1v) is 12.4. The van der Waals surface area contributed by atoms with Crippen molar-refractivity contribution < 1.29 is 28.5 Å². The van der Waals surface area contributed by atoms with Gasteiger partial charge in [0.2, 0.25) is 5.75 Å². The molecule has 0 fully saturated rings. The highest BCUT2D eigenvalue weighted by atomic mass is 35.5. The quantitative estimate of drug-likeness (QED) is 0.193. The Morgan fingerprint density at radius 1 is 0.970 bits per heavy atom. The minimum absolute atomic E-state index is 0.192. The Balaban J connectivity index is 1.50. The lowest BCUT2D eigenvalue weighted by molar-refractivity contribution is -0.169. The summed E-state index contributed by atoms with van der Waals surface area (Å²) in [5, 5.41) is 0.315. The minimum atomic E-state index is -2.44. The van der Waals surface area contributed by atoms with Gasteiger partial charge in [0.1, 0.15) is 6.61 Å². The molecule has 33 heavy (non-hydrogen) atoms. The van der Waals surface area contributed by atoms with Crippen molar-refractivity contribution in [2.75, 3.05) is 6.61 Å². The Morgan fingerprint density at radius 3 is 2.39 bits per heavy atom. The second-order valence-corrected chi connectivity index (χ2v) is 8.68. The largest absolute Gasteiger partial charge is 0.575 e. The Kier molecular flexibility index (Phi) is 12.5. The van der Waals surface area contributed by atoms with Crippen molar-refractivity contribution in [1.29, 1.82) is 0 Å². The van der Waals surface area contributed by atoms with Gasteiger partial charge in [-0.3, -0.25) is 9.32 Å². The lowest BCUT2D eigenvalue weighted by atomic mass is 10.1. The molecule has 0 aliphatic rings. The van der Waals surface area contributed by atoms with Gasteiger partial charge >= 0.3 is 20.1 Å². The molecule has 9 heteroatoms. The topological polar surface area (TPSA) is 97.3 Å². The summed E-state index contributed by atoms with van der Waals surface area (Å²) >= 11 is 5.94. The van der Waals surface area contributed by atoms with Crippen LogP contribution in [0.3, 0.4) is 0 Å². The van der Waals surface area contributed by atoms with E-state index in [-0.39, 0.29) is 18.3 Å². The summed E-state index contributed by atoms with van der Waals surface area (Å²) in [7, 11) is -2.44. The van der Waals surface area contributed by atoms with Gasteiger partial charge in [-0.15, -0.1) is 0 Å². The molecule has 0 aromatic heterocycles. The fraction of sp³-hybridized carbons (Fsp3) is 0.417. The molecule has 0 spiro atoms. The number of unbranched alkanes of at least 4 members (excludes halogenated alkanes) is 4. The summed E-state index contributed by atoms with van der Waals surface area (Å²) < 4.78 is 19.4. The van der Waals surface area contributed by atoms with Gasteiger partial charge in [-0.1, -0.05) is 78.1 Å². The van der Waals surface area contributed by atoms with Gasteiger partial charge in [-0.25, -0.2) is 4.79 Å². The number of benzene rings is 2. The van der Waals surface area contributed by atoms with Crippen LogP contribution in [0.4, 0.5) is 0 Å². The molecule has 0 amide bonds. The van der Waals surface area contributed by atoms with E-state index in [0.717, 1.165) is 31.2 Å². The van der Waals surface area contributed by atoms with Crippen molar-refractivity contribution in [3.05, 3.63) is 65.2 Å². The summed E-state index contributed by atoms with van der Waals surface area (Å²) in [6.45, 7) is 2.07. The van der Waals surface area contributed by atoms with Crippen molar-refractivity contribution in [3.8, 4) is 5.75 Å². The molecule has 0 heterocycles. The zero-order valence-electron chi connectivity index (χ0n) is 18.7. The molecule has 0 saturated heterocycles. The lowest BCUT2D eigenvalue weighted by Gasteiger charge is -2.07. The average molecular weight is 494 g/mol. The molecular weight excluding hydrogens is 465 g/mol. The minimum Gasteiger partial charge on any atom is -0.575 e. The van der Waals surface area contributed by atoms with Crippen molar-refractivity contribution in [2.45, 2.75) is 58.1 Å². The predicted molar refractivity (Wildman–Crippen MR) is 126 cm³/mol. The van der Waals surface area contributed by atoms with E-state index in [2.05, 4.69) is 4.74 Å². The first-order chi connectivity index (χ1) is 16.0. The van der Waals surface area contributed by atoms with Crippen LogP contribution in [-0.2, 0) is 25.7 Å². The molecule has 0 saturated carbocycles. The molecule has 2 aromatic carbocycles. The fourth-order valence-electron chi connectivity index (χ4n) is 2.82. The SMILES string of the molecule is C[C@H](N=[P+]([O-])Oc1ccccc1Cl)C(=O)OCCCCCCCC(=O)OCc1ccccc1. The molecule has 0 N–H and O–H groups in total. The van der Waals surface area contributed by atoms with Crippen LogP contribution in [0.2, 0.25) is 5.02 Å². The standard InChI is InChI=1S/C24H29ClNO6P/c1-19(26-33(29)32-22-15-10-9-14-21(22)25)24(28)30-17-11-4-2-3-8-16-23(27)31-18-20-12-6-5-7-13-20/h5-7,9-10,12-15,19H,2-4,8,11,16-18H2,1H3/t19-/m0/s1. The third-order valence-electron chi connectivity index (χ3n) is 4.63. The Morgan fingerprint density at radius 2 is 1.64 bits per heavy atom. The van der Waals surface area contributed by atoms with E-state index >= 15 is 0 Å². The lowest BCUT2D eigenvalue weighted by Crippen LogP contribution is -2.19. The van der Waals surface area contributed by atoms with Crippen LogP contribution in [-0.4, -0.2) is 24.6 Å². The highest BCUT2D eigenvalue weighted by Gasteiger charge is 2.19. The molecule has 1 unspecified atom stereocenters. The van der Waals surface area contributed by atoms with Crippen LogP contribution in [0, 0.1) is 0 Å². The Bertz CT molecular complexity index is 909. The molecule has 178 valence electrons. The third-order valence-corrected chi connectivity index (χ3v) is 5.83. The van der Waals surface area contributed by atoms with E-state index in [4.69, 9.17) is 25.6 Å². The number of para-hydroxylation sites is 1. The maximum atomic E-state index is 12.0. The second kappa shape index (κ2) is 15.4. The number of halogens is 1. The number of carbonyl (C=O) groups is 2. The summed E-state index contributed by atoms with van der Waals surface area (Å²) in [6, 6.07) is 15.3. The van der Waals surface area contributed by atoms with Crippen molar-refractivity contribution >= 4 is 31.7 Å². The number of hydrogen-bond donors (Lipinski definition) is 0. The van der Waals surface area contributed by atoms with Gasteiger partial charge in [0, 0.05) is 6.42 Å². The van der Waals surface area contributed by atoms with Gasteiger partial charge in [0.25, 0.3) is 0 Å². The maximum Gasteiger partial charge on any atom is 0.395 e. The smallest absolute Gasteiger partial charge is 0.395 e. The first kappa shape index (κ1) is 26.8. The first-order valence-electron chi connectivity index (χ1n) is 10.9. The predicted octanol–water partition coefficient (Wildman–Crippen LogP) is 5.59. The van der Waals surface area contributed by atoms with Gasteiger partial charge in [0.15, 0.2) is 6.04 Å². The fourth-order valence-corrected chi connectivity index (χ4v) is 3.80. The molecule has 2 atom stereocenters. The van der Waals surface area contributed by atoms with E-state index in [1.807, 2.05) is 30.3 Å². The highest BCUT2D eigenvalue weighted by Crippen LogP contribution is 2.30. The molecular formula is C24H29ClNO6P. The highest BCUT2D eigenvalue weighted by molar-refractivity contribution is 7.34. The molecule has 0 aliphatic carbocycles. The van der Waals surface area contributed by atoms with Crippen molar-refractivity contribution in [3.63, 3.8) is 0 Å². The number of carbonyl (C=O) groups excluding carboxylic acids is 2. The average Bonchev–Trinajstić information content (AvgIpc) is 2.81. The van der Waals surface area contributed by atoms with E-state index in [0.29, 0.717) is 24.5 Å². The van der Waals surface area contributed by atoms with Crippen molar-refractivity contribution in [1.82, 2.24) is 0 Å². The van der Waals surface area contributed by atoms with Crippen LogP contribution < -0.4 is 9.42 Å². The van der Waals surface area contributed by atoms with Crippen molar-refractivity contribution in [2.24, 2.45) is 4.74 Å². The zero-order chi connectivity index (χ0) is 23.9. The summed E-state index contributed by atoms with van der Waals surface area (Å²) in [6.07, 6.45) is 4.58. The molecule has 0 aliphatic heterocycles. The molecule has 2 rings (SSSR count). The summed E-state index contributed by atoms with van der Waals surface area (Å²) in [4.78, 5) is 35.7. The van der Waals surface area contributed by atoms with E-state index < -0.39 is 20.2 Å².